The van der Waals surface area contributed by atoms with Crippen molar-refractivity contribution in [3.63, 3.8) is 0 Å². The van der Waals surface area contributed by atoms with Crippen molar-refractivity contribution in [2.45, 2.75) is 78.2 Å². The van der Waals surface area contributed by atoms with Crippen molar-refractivity contribution < 1.29 is 24.1 Å². The molecule has 2 aromatic rings. The summed E-state index contributed by atoms with van der Waals surface area (Å²) >= 11 is 5.66. The number of aliphatic hydroxyl groups is 2. The smallest absolute Gasteiger partial charge is 0.257 e. The van der Waals surface area contributed by atoms with Crippen LogP contribution in [-0.2, 0) is 22.6 Å². The molecule has 9 nitrogen and oxygen atoms in total. The molecule has 1 aliphatic heterocycles. The number of likely N-dealkylation sites (N-methyl/N-ethyl adjacent to an activating group) is 1. The van der Waals surface area contributed by atoms with Crippen LogP contribution >= 0.6 is 11.6 Å². The molecule has 1 amide bonds. The van der Waals surface area contributed by atoms with E-state index in [0.717, 1.165) is 29.9 Å². The standard InChI is InChI=1S/C27H36FN5O4.C7H7Cl.C2H6/c1-6-27(36,21(30-5)13-29-4)18-9-19-23(20(28)10-18)25(3,37-16-26(15-34)7-8-26)33(24(19)35)14-22-31-11-17(2)12-32-22;8-7-5-3-1-2-4-6-7;1-2/h9-13,29-30,34,36H,6-8,14-16H2,1-5H3;1-3,5-6H,4H2;1-2H3/b21-13-;;/t25-,27?;;/m1../s1. The molecule has 0 spiro atoms. The van der Waals surface area contributed by atoms with Crippen LogP contribution in [0.4, 0.5) is 4.39 Å². The predicted octanol–water partition coefficient (Wildman–Crippen LogP) is 6.07. The SMILES string of the molecule is CC.CCC(O)(/C(=C/NC)NC)c1cc(F)c2c(c1)C(=O)N(Cc1ncc(C)cn1)[C@]2(C)OCC1(CO)CC1.ClC1=CCC=CC=C1. The number of carbonyl (C=O) groups excluding carboxylic acids is 1. The van der Waals surface area contributed by atoms with E-state index in [2.05, 4.69) is 26.7 Å². The summed E-state index contributed by atoms with van der Waals surface area (Å²) in [6, 6.07) is 2.81. The number of fused-ring (bicyclic) bond motifs is 1. The Kier molecular flexibility index (Phi) is 13.3. The Balaban J connectivity index is 0.000000518. The summed E-state index contributed by atoms with van der Waals surface area (Å²) in [7, 11) is 3.37. The van der Waals surface area contributed by atoms with Gasteiger partial charge in [0.2, 0.25) is 0 Å². The number of nitrogens with one attached hydrogen (secondary N) is 2. The number of nitrogens with zero attached hydrogens (tertiary/aromatic N) is 3. The molecule has 1 fully saturated rings. The molecule has 1 aromatic carbocycles. The van der Waals surface area contributed by atoms with Crippen LogP contribution in [0.1, 0.15) is 86.3 Å². The van der Waals surface area contributed by atoms with Crippen molar-refractivity contribution in [3.05, 3.63) is 106 Å². The minimum absolute atomic E-state index is 0.00462. The second kappa shape index (κ2) is 16.5. The summed E-state index contributed by atoms with van der Waals surface area (Å²) in [5.41, 5.74) is -1.61. The summed E-state index contributed by atoms with van der Waals surface area (Å²) in [6.45, 7) is 9.45. The van der Waals surface area contributed by atoms with Crippen molar-refractivity contribution in [2.24, 2.45) is 5.41 Å². The number of aromatic nitrogens is 2. The lowest BCUT2D eigenvalue weighted by atomic mass is 9.85. The third-order valence-electron chi connectivity index (χ3n) is 8.57. The summed E-state index contributed by atoms with van der Waals surface area (Å²) in [5, 5.41) is 28.1. The number of hydrogen-bond donors (Lipinski definition) is 4. The zero-order valence-corrected chi connectivity index (χ0v) is 29.3. The molecule has 256 valence electrons. The monoisotopic (exact) mass is 669 g/mol. The maximum Gasteiger partial charge on any atom is 0.257 e. The molecule has 1 unspecified atom stereocenters. The Morgan fingerprint density at radius 3 is 2.47 bits per heavy atom. The molecule has 0 bridgehead atoms. The third kappa shape index (κ3) is 8.48. The quantitative estimate of drug-likeness (QED) is 0.228. The second-order valence-corrected chi connectivity index (χ2v) is 12.2. The van der Waals surface area contributed by atoms with Gasteiger partial charge in [0, 0.05) is 43.1 Å². The van der Waals surface area contributed by atoms with Crippen LogP contribution in [-0.4, -0.2) is 58.3 Å². The van der Waals surface area contributed by atoms with E-state index in [4.69, 9.17) is 16.3 Å². The number of allylic oxidation sites excluding steroid dienone is 6. The van der Waals surface area contributed by atoms with Crippen LogP contribution in [0.3, 0.4) is 0 Å². The van der Waals surface area contributed by atoms with Crippen LogP contribution in [0.15, 0.2) is 71.8 Å². The number of rotatable bonds is 11. The van der Waals surface area contributed by atoms with Crippen LogP contribution < -0.4 is 10.6 Å². The van der Waals surface area contributed by atoms with E-state index in [0.29, 0.717) is 11.5 Å². The highest BCUT2D eigenvalue weighted by atomic mass is 35.5. The molecule has 2 atom stereocenters. The lowest BCUT2D eigenvalue weighted by Crippen LogP contribution is -2.45. The number of aryl methyl sites for hydroxylation is 1. The van der Waals surface area contributed by atoms with E-state index in [-0.39, 0.29) is 48.3 Å². The highest BCUT2D eigenvalue weighted by Crippen LogP contribution is 2.50. The minimum atomic E-state index is -1.56. The molecular formula is C36H49ClFN5O4. The van der Waals surface area contributed by atoms with Crippen molar-refractivity contribution in [3.8, 4) is 0 Å². The first-order valence-electron chi connectivity index (χ1n) is 16.1. The van der Waals surface area contributed by atoms with Crippen LogP contribution in [0, 0.1) is 18.2 Å². The average molecular weight is 670 g/mol. The number of hydrogen-bond acceptors (Lipinski definition) is 8. The summed E-state index contributed by atoms with van der Waals surface area (Å²) in [6.07, 6.45) is 17.6. The Hall–Kier alpha value is -3.57. The van der Waals surface area contributed by atoms with Crippen molar-refractivity contribution >= 4 is 17.5 Å². The van der Waals surface area contributed by atoms with Crippen LogP contribution in [0.2, 0.25) is 0 Å². The van der Waals surface area contributed by atoms with Crippen molar-refractivity contribution in [1.29, 1.82) is 0 Å². The highest BCUT2D eigenvalue weighted by Gasteiger charge is 2.53. The normalized spacial score (nSPS) is 20.5. The summed E-state index contributed by atoms with van der Waals surface area (Å²) in [5.74, 6) is -0.709. The van der Waals surface area contributed by atoms with Gasteiger partial charge in [-0.1, -0.05) is 56.7 Å². The van der Waals surface area contributed by atoms with E-state index >= 15 is 4.39 Å². The van der Waals surface area contributed by atoms with Gasteiger partial charge in [0.15, 0.2) is 5.72 Å². The number of aliphatic hydroxyl groups excluding tert-OH is 1. The van der Waals surface area contributed by atoms with Gasteiger partial charge >= 0.3 is 0 Å². The molecule has 0 radical (unpaired) electrons. The molecule has 11 heteroatoms. The molecule has 5 rings (SSSR count). The predicted molar refractivity (Wildman–Crippen MR) is 184 cm³/mol. The Labute approximate surface area is 283 Å². The van der Waals surface area contributed by atoms with E-state index in [1.807, 2.05) is 45.1 Å². The first-order valence-corrected chi connectivity index (χ1v) is 16.5. The second-order valence-electron chi connectivity index (χ2n) is 11.8. The number of benzene rings is 1. The highest BCUT2D eigenvalue weighted by molar-refractivity contribution is 6.31. The first kappa shape index (κ1) is 37.9. The van der Waals surface area contributed by atoms with Gasteiger partial charge in [-0.3, -0.25) is 9.69 Å². The largest absolute Gasteiger partial charge is 0.396 e. The zero-order valence-electron chi connectivity index (χ0n) is 28.5. The van der Waals surface area contributed by atoms with E-state index in [1.54, 1.807) is 52.6 Å². The fourth-order valence-corrected chi connectivity index (χ4v) is 5.60. The molecule has 1 saturated carbocycles. The lowest BCUT2D eigenvalue weighted by Gasteiger charge is -2.37. The summed E-state index contributed by atoms with van der Waals surface area (Å²) in [4.78, 5) is 23.9. The number of carbonyl (C=O) groups is 1. The maximum atomic E-state index is 16.0. The van der Waals surface area contributed by atoms with E-state index in [1.165, 1.54) is 11.0 Å². The van der Waals surface area contributed by atoms with Crippen LogP contribution in [0.5, 0.6) is 0 Å². The molecule has 0 saturated heterocycles. The van der Waals surface area contributed by atoms with Crippen LogP contribution in [0.25, 0.3) is 0 Å². The first-order chi connectivity index (χ1) is 22.5. The molecule has 1 aromatic heterocycles. The molecular weight excluding hydrogens is 621 g/mol. The van der Waals surface area contributed by atoms with Gasteiger partial charge in [0.25, 0.3) is 5.91 Å². The van der Waals surface area contributed by atoms with Gasteiger partial charge in [0.1, 0.15) is 17.2 Å². The van der Waals surface area contributed by atoms with Gasteiger partial charge in [-0.25, -0.2) is 14.4 Å². The summed E-state index contributed by atoms with van der Waals surface area (Å²) < 4.78 is 22.3. The third-order valence-corrected chi connectivity index (χ3v) is 8.86. The average Bonchev–Trinajstić information content (AvgIpc) is 3.88. The Morgan fingerprint density at radius 2 is 1.89 bits per heavy atom. The Morgan fingerprint density at radius 1 is 1.21 bits per heavy atom. The topological polar surface area (TPSA) is 120 Å². The molecule has 4 N–H and O–H groups in total. The zero-order chi connectivity index (χ0) is 34.8. The van der Waals surface area contributed by atoms with Gasteiger partial charge < -0.3 is 25.6 Å². The fourth-order valence-electron chi connectivity index (χ4n) is 5.44. The van der Waals surface area contributed by atoms with Crippen molar-refractivity contribution in [1.82, 2.24) is 25.5 Å². The van der Waals surface area contributed by atoms with Gasteiger partial charge in [-0.15, -0.1) is 0 Å². The minimum Gasteiger partial charge on any atom is -0.396 e. The molecule has 2 heterocycles. The van der Waals surface area contributed by atoms with Gasteiger partial charge in [-0.05, 0) is 68.9 Å². The van der Waals surface area contributed by atoms with Crippen molar-refractivity contribution in [2.75, 3.05) is 27.3 Å². The Bertz CT molecular complexity index is 1500. The molecule has 3 aliphatic rings. The molecule has 47 heavy (non-hydrogen) atoms. The van der Waals surface area contributed by atoms with E-state index in [9.17, 15) is 15.0 Å². The maximum absolute atomic E-state index is 16.0. The van der Waals surface area contributed by atoms with Gasteiger partial charge in [-0.2, -0.15) is 0 Å². The number of halogens is 2. The molecule has 2 aliphatic carbocycles. The van der Waals surface area contributed by atoms with E-state index < -0.39 is 23.1 Å². The number of ether oxygens (including phenoxy) is 1. The lowest BCUT2D eigenvalue weighted by molar-refractivity contribution is -0.146. The fraction of sp³-hybridized carbons (Fsp3) is 0.472. The number of amides is 1. The van der Waals surface area contributed by atoms with Gasteiger partial charge in [0.05, 0.1) is 36.6 Å².